The van der Waals surface area contributed by atoms with Crippen molar-refractivity contribution in [2.24, 2.45) is 5.73 Å². The molecule has 1 aromatic carbocycles. The molecule has 24 heavy (non-hydrogen) atoms. The quantitative estimate of drug-likeness (QED) is 0.799. The van der Waals surface area contributed by atoms with Gasteiger partial charge in [-0.3, -0.25) is 14.4 Å². The van der Waals surface area contributed by atoms with Crippen molar-refractivity contribution >= 4 is 41.0 Å². The summed E-state index contributed by atoms with van der Waals surface area (Å²) >= 11 is 11.8. The normalized spacial score (nSPS) is 17.4. The summed E-state index contributed by atoms with van der Waals surface area (Å²) in [4.78, 5) is 36.8. The van der Waals surface area contributed by atoms with Gasteiger partial charge in [-0.25, -0.2) is 0 Å². The summed E-state index contributed by atoms with van der Waals surface area (Å²) in [6, 6.07) is 4.14. The lowest BCUT2D eigenvalue weighted by Gasteiger charge is -2.33. The number of carbonyl (C=O) groups excluding carboxylic acids is 3. The van der Waals surface area contributed by atoms with E-state index < -0.39 is 30.4 Å². The number of piperidine rings is 1. The van der Waals surface area contributed by atoms with Gasteiger partial charge >= 0.3 is 5.97 Å². The first-order chi connectivity index (χ1) is 11.4. The van der Waals surface area contributed by atoms with Crippen LogP contribution in [0, 0.1) is 0 Å². The first-order valence-electron chi connectivity index (χ1n) is 7.57. The van der Waals surface area contributed by atoms with Crippen LogP contribution in [0.3, 0.4) is 0 Å². The van der Waals surface area contributed by atoms with Crippen LogP contribution in [0.2, 0.25) is 10.0 Å². The molecular formula is C16H18Cl2N2O4. The van der Waals surface area contributed by atoms with Crippen LogP contribution in [0.15, 0.2) is 18.2 Å². The van der Waals surface area contributed by atoms with Crippen LogP contribution in [-0.4, -0.2) is 41.9 Å². The second kappa shape index (κ2) is 8.35. The number of carbonyl (C=O) groups is 3. The van der Waals surface area contributed by atoms with Gasteiger partial charge in [0.2, 0.25) is 5.91 Å². The zero-order valence-corrected chi connectivity index (χ0v) is 14.5. The fourth-order valence-corrected chi connectivity index (χ4v) is 3.10. The Morgan fingerprint density at radius 2 is 2.00 bits per heavy atom. The highest BCUT2D eigenvalue weighted by Gasteiger charge is 2.30. The van der Waals surface area contributed by atoms with Crippen molar-refractivity contribution in [1.29, 1.82) is 0 Å². The number of nitrogens with zero attached hydrogens (tertiary/aromatic N) is 1. The number of benzene rings is 1. The lowest BCUT2D eigenvalue weighted by Crippen LogP contribution is -2.51. The van der Waals surface area contributed by atoms with Crippen molar-refractivity contribution in [1.82, 2.24) is 4.90 Å². The van der Waals surface area contributed by atoms with Gasteiger partial charge in [-0.1, -0.05) is 29.3 Å². The third kappa shape index (κ3) is 4.85. The number of halogens is 2. The predicted molar refractivity (Wildman–Crippen MR) is 89.7 cm³/mol. The highest BCUT2D eigenvalue weighted by atomic mass is 35.5. The Morgan fingerprint density at radius 1 is 1.25 bits per heavy atom. The van der Waals surface area contributed by atoms with E-state index in [1.807, 2.05) is 0 Å². The monoisotopic (exact) mass is 372 g/mol. The van der Waals surface area contributed by atoms with Crippen LogP contribution in [0.1, 0.15) is 24.8 Å². The van der Waals surface area contributed by atoms with Gasteiger partial charge in [-0.15, -0.1) is 0 Å². The van der Waals surface area contributed by atoms with Crippen LogP contribution in [0.5, 0.6) is 0 Å². The van der Waals surface area contributed by atoms with Gasteiger partial charge in [-0.2, -0.15) is 0 Å². The van der Waals surface area contributed by atoms with E-state index in [-0.39, 0.29) is 6.42 Å². The summed E-state index contributed by atoms with van der Waals surface area (Å²) in [6.07, 6.45) is 2.11. The Balaban J connectivity index is 1.88. The third-order valence-electron chi connectivity index (χ3n) is 3.86. The minimum Gasteiger partial charge on any atom is -0.455 e. The maximum atomic E-state index is 12.2. The van der Waals surface area contributed by atoms with Crippen molar-refractivity contribution < 1.29 is 19.1 Å². The van der Waals surface area contributed by atoms with E-state index in [1.165, 1.54) is 11.0 Å². The molecule has 2 amide bonds. The average Bonchev–Trinajstić information content (AvgIpc) is 2.55. The molecule has 0 aliphatic carbocycles. The van der Waals surface area contributed by atoms with Crippen LogP contribution in [-0.2, 0) is 25.5 Å². The van der Waals surface area contributed by atoms with E-state index in [1.54, 1.807) is 12.1 Å². The molecular weight excluding hydrogens is 355 g/mol. The molecule has 1 aliphatic rings. The van der Waals surface area contributed by atoms with Crippen molar-refractivity contribution in [3.8, 4) is 0 Å². The Kier molecular flexibility index (Phi) is 6.45. The Morgan fingerprint density at radius 3 is 2.67 bits per heavy atom. The average molecular weight is 373 g/mol. The highest BCUT2D eigenvalue weighted by molar-refractivity contribution is 6.35. The lowest BCUT2D eigenvalue weighted by molar-refractivity contribution is -0.154. The molecule has 0 radical (unpaired) electrons. The molecule has 1 fully saturated rings. The molecule has 0 saturated carbocycles. The largest absolute Gasteiger partial charge is 0.455 e. The molecule has 1 heterocycles. The summed E-state index contributed by atoms with van der Waals surface area (Å²) in [5.41, 5.74) is 5.88. The van der Waals surface area contributed by atoms with E-state index in [4.69, 9.17) is 33.7 Å². The Bertz CT molecular complexity index is 651. The molecule has 2 rings (SSSR count). The number of ether oxygens (including phenoxy) is 1. The highest BCUT2D eigenvalue weighted by Crippen LogP contribution is 2.22. The second-order valence-electron chi connectivity index (χ2n) is 5.57. The van der Waals surface area contributed by atoms with Gasteiger partial charge < -0.3 is 15.4 Å². The van der Waals surface area contributed by atoms with Crippen molar-refractivity contribution in [3.63, 3.8) is 0 Å². The van der Waals surface area contributed by atoms with Crippen molar-refractivity contribution in [2.45, 2.75) is 31.7 Å². The number of esters is 1. The number of hydrogen-bond acceptors (Lipinski definition) is 4. The van der Waals surface area contributed by atoms with Crippen LogP contribution >= 0.6 is 23.2 Å². The van der Waals surface area contributed by atoms with E-state index in [9.17, 15) is 14.4 Å². The van der Waals surface area contributed by atoms with E-state index in [0.717, 1.165) is 12.8 Å². The molecule has 130 valence electrons. The van der Waals surface area contributed by atoms with Gasteiger partial charge in [0, 0.05) is 16.6 Å². The third-order valence-corrected chi connectivity index (χ3v) is 4.45. The number of nitrogens with two attached hydrogens (primary N) is 1. The van der Waals surface area contributed by atoms with Gasteiger partial charge in [0.05, 0.1) is 6.42 Å². The fraction of sp³-hybridized carbons (Fsp3) is 0.438. The number of primary amides is 1. The second-order valence-corrected chi connectivity index (χ2v) is 6.42. The maximum absolute atomic E-state index is 12.2. The molecule has 0 bridgehead atoms. The Labute approximate surface area is 149 Å². The molecule has 6 nitrogen and oxygen atoms in total. The molecule has 0 spiro atoms. The fourth-order valence-electron chi connectivity index (χ4n) is 2.62. The smallest absolute Gasteiger partial charge is 0.310 e. The number of amides is 2. The minimum absolute atomic E-state index is 0.0669. The standard InChI is InChI=1S/C16H18Cl2N2O4/c17-11-5-4-10(12(18)8-11)7-15(22)24-9-14(21)20-6-2-1-3-13(20)16(19)23/h4-5,8,13H,1-3,6-7,9H2,(H2,19,23)/t13-/m1/s1. The van der Waals surface area contributed by atoms with Gasteiger partial charge in [0.15, 0.2) is 6.61 Å². The molecule has 0 unspecified atom stereocenters. The predicted octanol–water partition coefficient (Wildman–Crippen LogP) is 1.95. The summed E-state index contributed by atoms with van der Waals surface area (Å²) in [5, 5.41) is 0.825. The molecule has 1 aromatic rings. The van der Waals surface area contributed by atoms with Crippen LogP contribution in [0.25, 0.3) is 0 Å². The summed E-state index contributed by atoms with van der Waals surface area (Å²) in [7, 11) is 0. The summed E-state index contributed by atoms with van der Waals surface area (Å²) in [6.45, 7) is 0.0147. The van der Waals surface area contributed by atoms with Crippen LogP contribution < -0.4 is 5.73 Å². The topological polar surface area (TPSA) is 89.7 Å². The van der Waals surface area contributed by atoms with Crippen LogP contribution in [0.4, 0.5) is 0 Å². The minimum atomic E-state index is -0.629. The molecule has 8 heteroatoms. The summed E-state index contributed by atoms with van der Waals surface area (Å²) in [5.74, 6) is -1.54. The molecule has 1 atom stereocenters. The first-order valence-corrected chi connectivity index (χ1v) is 8.32. The van der Waals surface area contributed by atoms with Gasteiger partial charge in [0.25, 0.3) is 5.91 Å². The zero-order valence-electron chi connectivity index (χ0n) is 13.0. The summed E-state index contributed by atoms with van der Waals surface area (Å²) < 4.78 is 5.00. The number of likely N-dealkylation sites (tertiary alicyclic amines) is 1. The Hall–Kier alpha value is -1.79. The molecule has 0 aromatic heterocycles. The van der Waals surface area contributed by atoms with Crippen molar-refractivity contribution in [3.05, 3.63) is 33.8 Å². The number of hydrogen-bond donors (Lipinski definition) is 1. The number of rotatable bonds is 5. The first kappa shape index (κ1) is 18.5. The SMILES string of the molecule is NC(=O)[C@H]1CCCCN1C(=O)COC(=O)Cc1ccc(Cl)cc1Cl. The van der Waals surface area contributed by atoms with Gasteiger partial charge in [0.1, 0.15) is 6.04 Å². The molecule has 1 saturated heterocycles. The lowest BCUT2D eigenvalue weighted by atomic mass is 10.0. The van der Waals surface area contributed by atoms with E-state index >= 15 is 0 Å². The molecule has 1 aliphatic heterocycles. The van der Waals surface area contributed by atoms with E-state index in [2.05, 4.69) is 0 Å². The zero-order chi connectivity index (χ0) is 17.7. The van der Waals surface area contributed by atoms with Gasteiger partial charge in [-0.05, 0) is 37.0 Å². The van der Waals surface area contributed by atoms with E-state index in [0.29, 0.717) is 28.6 Å². The van der Waals surface area contributed by atoms with Crippen molar-refractivity contribution in [2.75, 3.05) is 13.2 Å². The molecule has 2 N–H and O–H groups in total. The maximum Gasteiger partial charge on any atom is 0.310 e.